The van der Waals surface area contributed by atoms with Crippen LogP contribution in [0.4, 0.5) is 8.78 Å². The Labute approximate surface area is 118 Å². The van der Waals surface area contributed by atoms with Gasteiger partial charge in [-0.25, -0.2) is 8.78 Å². The third-order valence-electron chi connectivity index (χ3n) is 3.91. The summed E-state index contributed by atoms with van der Waals surface area (Å²) in [7, 11) is 0. The van der Waals surface area contributed by atoms with Gasteiger partial charge in [-0.1, -0.05) is 19.9 Å². The summed E-state index contributed by atoms with van der Waals surface area (Å²) < 4.78 is 27.0. The molecule has 20 heavy (non-hydrogen) atoms. The van der Waals surface area contributed by atoms with Crippen molar-refractivity contribution in [2.75, 3.05) is 13.1 Å². The zero-order valence-electron chi connectivity index (χ0n) is 11.8. The molecule has 0 spiro atoms. The highest BCUT2D eigenvalue weighted by Gasteiger charge is 2.31. The number of amides is 1. The second-order valence-corrected chi connectivity index (χ2v) is 5.13. The van der Waals surface area contributed by atoms with Crippen molar-refractivity contribution >= 4 is 5.91 Å². The Morgan fingerprint density at radius 2 is 2.10 bits per heavy atom. The second kappa shape index (κ2) is 6.31. The van der Waals surface area contributed by atoms with E-state index in [0.29, 0.717) is 13.1 Å². The fourth-order valence-corrected chi connectivity index (χ4v) is 2.57. The van der Waals surface area contributed by atoms with Crippen LogP contribution in [0.2, 0.25) is 0 Å². The molecule has 0 aliphatic carbocycles. The molecular weight excluding hydrogens is 262 g/mol. The molecule has 2 rings (SSSR count). The Morgan fingerprint density at radius 3 is 2.75 bits per heavy atom. The second-order valence-electron chi connectivity index (χ2n) is 5.13. The molecule has 1 aliphatic heterocycles. The standard InChI is InChI=1S/C15H20F2N2O/c1-3-10-9-19(11(4-2)8-18-10)15(20)12-6-5-7-13(16)14(12)17/h5-7,10-11,18H,3-4,8-9H2,1-2H3. The van der Waals surface area contributed by atoms with Gasteiger partial charge in [0, 0.05) is 25.2 Å². The number of hydrogen-bond acceptors (Lipinski definition) is 2. The summed E-state index contributed by atoms with van der Waals surface area (Å²) in [6.07, 6.45) is 1.68. The number of benzene rings is 1. The number of nitrogens with one attached hydrogen (secondary N) is 1. The average molecular weight is 282 g/mol. The predicted molar refractivity (Wildman–Crippen MR) is 73.6 cm³/mol. The first kappa shape index (κ1) is 14.9. The van der Waals surface area contributed by atoms with Crippen molar-refractivity contribution < 1.29 is 13.6 Å². The molecule has 5 heteroatoms. The van der Waals surface area contributed by atoms with Gasteiger partial charge < -0.3 is 10.2 Å². The quantitative estimate of drug-likeness (QED) is 0.924. The predicted octanol–water partition coefficient (Wildman–Crippen LogP) is 2.57. The number of halogens is 2. The first-order chi connectivity index (χ1) is 9.58. The lowest BCUT2D eigenvalue weighted by atomic mass is 10.0. The van der Waals surface area contributed by atoms with Crippen LogP contribution < -0.4 is 5.32 Å². The van der Waals surface area contributed by atoms with Gasteiger partial charge in [-0.05, 0) is 25.0 Å². The smallest absolute Gasteiger partial charge is 0.257 e. The zero-order valence-corrected chi connectivity index (χ0v) is 11.8. The van der Waals surface area contributed by atoms with Gasteiger partial charge in [0.1, 0.15) is 0 Å². The van der Waals surface area contributed by atoms with Gasteiger partial charge in [0.2, 0.25) is 0 Å². The molecule has 1 saturated heterocycles. The molecule has 1 aromatic rings. The van der Waals surface area contributed by atoms with E-state index in [1.165, 1.54) is 12.1 Å². The zero-order chi connectivity index (χ0) is 14.7. The van der Waals surface area contributed by atoms with E-state index in [9.17, 15) is 13.6 Å². The fraction of sp³-hybridized carbons (Fsp3) is 0.533. The van der Waals surface area contributed by atoms with E-state index < -0.39 is 17.5 Å². The highest BCUT2D eigenvalue weighted by molar-refractivity contribution is 5.94. The lowest BCUT2D eigenvalue weighted by Gasteiger charge is -2.40. The SMILES string of the molecule is CCC1CN(C(=O)c2cccc(F)c2F)C(CC)CN1. The van der Waals surface area contributed by atoms with Gasteiger partial charge in [0.25, 0.3) is 5.91 Å². The van der Waals surface area contributed by atoms with E-state index in [1.807, 2.05) is 13.8 Å². The van der Waals surface area contributed by atoms with Gasteiger partial charge in [-0.2, -0.15) is 0 Å². The normalized spacial score (nSPS) is 22.9. The molecule has 1 aromatic carbocycles. The molecule has 2 unspecified atom stereocenters. The molecule has 1 heterocycles. The van der Waals surface area contributed by atoms with Crippen molar-refractivity contribution in [2.45, 2.75) is 38.8 Å². The summed E-state index contributed by atoms with van der Waals surface area (Å²) in [5.74, 6) is -2.46. The average Bonchev–Trinajstić information content (AvgIpc) is 2.48. The minimum Gasteiger partial charge on any atom is -0.333 e. The van der Waals surface area contributed by atoms with Gasteiger partial charge in [-0.15, -0.1) is 0 Å². The van der Waals surface area contributed by atoms with Gasteiger partial charge >= 0.3 is 0 Å². The molecule has 0 radical (unpaired) electrons. The first-order valence-corrected chi connectivity index (χ1v) is 7.06. The third kappa shape index (κ3) is 2.82. The van der Waals surface area contributed by atoms with Crippen LogP contribution in [-0.4, -0.2) is 36.0 Å². The van der Waals surface area contributed by atoms with E-state index in [4.69, 9.17) is 0 Å². The van der Waals surface area contributed by atoms with Gasteiger partial charge in [0.15, 0.2) is 11.6 Å². The van der Waals surface area contributed by atoms with Crippen LogP contribution in [0.1, 0.15) is 37.0 Å². The van der Waals surface area contributed by atoms with Crippen LogP contribution in [0, 0.1) is 11.6 Å². The van der Waals surface area contributed by atoms with E-state index in [1.54, 1.807) is 4.90 Å². The van der Waals surface area contributed by atoms with E-state index in [2.05, 4.69) is 5.32 Å². The summed E-state index contributed by atoms with van der Waals surface area (Å²) in [6.45, 7) is 5.25. The molecule has 2 atom stereocenters. The third-order valence-corrected chi connectivity index (χ3v) is 3.91. The molecule has 1 N–H and O–H groups in total. The van der Waals surface area contributed by atoms with E-state index in [0.717, 1.165) is 18.9 Å². The summed E-state index contributed by atoms with van der Waals surface area (Å²) >= 11 is 0. The molecule has 3 nitrogen and oxygen atoms in total. The van der Waals surface area contributed by atoms with Gasteiger partial charge in [-0.3, -0.25) is 4.79 Å². The van der Waals surface area contributed by atoms with Crippen molar-refractivity contribution in [3.63, 3.8) is 0 Å². The Hall–Kier alpha value is -1.49. The van der Waals surface area contributed by atoms with Gasteiger partial charge in [0.05, 0.1) is 5.56 Å². The minimum absolute atomic E-state index is 0.0213. The molecule has 0 saturated carbocycles. The molecule has 1 aliphatic rings. The summed E-state index contributed by atoms with van der Waals surface area (Å²) in [5.41, 5.74) is -0.180. The minimum atomic E-state index is -1.06. The lowest BCUT2D eigenvalue weighted by Crippen LogP contribution is -2.58. The maximum absolute atomic E-state index is 13.8. The molecule has 1 fully saturated rings. The van der Waals surface area contributed by atoms with Crippen LogP contribution in [0.15, 0.2) is 18.2 Å². The number of carbonyl (C=O) groups is 1. The van der Waals surface area contributed by atoms with Crippen LogP contribution in [-0.2, 0) is 0 Å². The van der Waals surface area contributed by atoms with Crippen LogP contribution in [0.3, 0.4) is 0 Å². The van der Waals surface area contributed by atoms with E-state index >= 15 is 0 Å². The Balaban J connectivity index is 2.27. The Morgan fingerprint density at radius 1 is 1.35 bits per heavy atom. The van der Waals surface area contributed by atoms with Crippen LogP contribution >= 0.6 is 0 Å². The van der Waals surface area contributed by atoms with Crippen molar-refractivity contribution in [2.24, 2.45) is 0 Å². The highest BCUT2D eigenvalue weighted by atomic mass is 19.2. The maximum atomic E-state index is 13.8. The number of carbonyl (C=O) groups excluding carboxylic acids is 1. The fourth-order valence-electron chi connectivity index (χ4n) is 2.57. The molecule has 110 valence electrons. The van der Waals surface area contributed by atoms with Crippen molar-refractivity contribution in [1.82, 2.24) is 10.2 Å². The largest absolute Gasteiger partial charge is 0.333 e. The van der Waals surface area contributed by atoms with Crippen molar-refractivity contribution in [1.29, 1.82) is 0 Å². The molecule has 1 amide bonds. The Kier molecular flexibility index (Phi) is 4.70. The summed E-state index contributed by atoms with van der Waals surface area (Å²) in [4.78, 5) is 14.2. The summed E-state index contributed by atoms with van der Waals surface area (Å²) in [5, 5.41) is 3.37. The molecular formula is C15H20F2N2O. The molecule has 0 aromatic heterocycles. The monoisotopic (exact) mass is 282 g/mol. The number of piperazine rings is 1. The summed E-state index contributed by atoms with van der Waals surface area (Å²) in [6, 6.07) is 3.96. The van der Waals surface area contributed by atoms with E-state index in [-0.39, 0.29) is 17.6 Å². The Bertz CT molecular complexity index is 493. The first-order valence-electron chi connectivity index (χ1n) is 7.06. The lowest BCUT2D eigenvalue weighted by molar-refractivity contribution is 0.0570. The van der Waals surface area contributed by atoms with Crippen LogP contribution in [0.25, 0.3) is 0 Å². The maximum Gasteiger partial charge on any atom is 0.257 e. The number of rotatable bonds is 3. The van der Waals surface area contributed by atoms with Crippen LogP contribution in [0.5, 0.6) is 0 Å². The molecule has 0 bridgehead atoms. The highest BCUT2D eigenvalue weighted by Crippen LogP contribution is 2.19. The number of nitrogens with zero attached hydrogens (tertiary/aromatic N) is 1. The number of hydrogen-bond donors (Lipinski definition) is 1. The van der Waals surface area contributed by atoms with Crippen molar-refractivity contribution in [3.8, 4) is 0 Å². The topological polar surface area (TPSA) is 32.3 Å². The van der Waals surface area contributed by atoms with Crippen molar-refractivity contribution in [3.05, 3.63) is 35.4 Å².